The maximum atomic E-state index is 11.7. The van der Waals surface area contributed by atoms with Gasteiger partial charge in [-0.05, 0) is 24.6 Å². The summed E-state index contributed by atoms with van der Waals surface area (Å²) < 4.78 is 10.3. The zero-order valence-corrected chi connectivity index (χ0v) is 9.82. The molecule has 0 spiro atoms. The monoisotopic (exact) mass is 234 g/mol. The van der Waals surface area contributed by atoms with Crippen LogP contribution in [0.5, 0.6) is 11.5 Å². The molecule has 4 nitrogen and oxygen atoms in total. The van der Waals surface area contributed by atoms with E-state index < -0.39 is 5.63 Å². The van der Waals surface area contributed by atoms with Gasteiger partial charge in [0.15, 0.2) is 11.5 Å². The van der Waals surface area contributed by atoms with Crippen molar-refractivity contribution in [2.75, 3.05) is 7.11 Å². The van der Waals surface area contributed by atoms with Crippen molar-refractivity contribution < 1.29 is 14.3 Å². The maximum Gasteiger partial charge on any atom is 0.343 e. The van der Waals surface area contributed by atoms with Crippen molar-refractivity contribution >= 4 is 10.8 Å². The van der Waals surface area contributed by atoms with Crippen molar-refractivity contribution in [3.63, 3.8) is 0 Å². The van der Waals surface area contributed by atoms with Crippen molar-refractivity contribution in [2.45, 2.75) is 19.8 Å². The number of hydrogen-bond acceptors (Lipinski definition) is 4. The molecule has 2 rings (SSSR count). The fourth-order valence-corrected chi connectivity index (χ4v) is 1.86. The van der Waals surface area contributed by atoms with E-state index in [2.05, 4.69) is 0 Å². The minimum atomic E-state index is -0.399. The van der Waals surface area contributed by atoms with E-state index in [4.69, 9.17) is 9.15 Å². The normalized spacial score (nSPS) is 10.7. The molecule has 0 unspecified atom stereocenters. The Morgan fingerprint density at radius 2 is 2.12 bits per heavy atom. The van der Waals surface area contributed by atoms with Crippen LogP contribution in [0.25, 0.3) is 10.8 Å². The van der Waals surface area contributed by atoms with Crippen LogP contribution in [0.1, 0.15) is 19.1 Å². The van der Waals surface area contributed by atoms with Crippen LogP contribution in [0.15, 0.2) is 27.4 Å². The van der Waals surface area contributed by atoms with Crippen LogP contribution < -0.4 is 10.4 Å². The second-order valence-electron chi connectivity index (χ2n) is 3.83. The highest BCUT2D eigenvalue weighted by molar-refractivity contribution is 5.89. The number of ether oxygens (including phenoxy) is 1. The molecule has 0 bridgehead atoms. The number of phenols is 1. The smallest absolute Gasteiger partial charge is 0.343 e. The number of phenolic OH excluding ortho intramolecular Hbond substituents is 1. The maximum absolute atomic E-state index is 11.7. The first kappa shape index (κ1) is 11.5. The second-order valence-corrected chi connectivity index (χ2v) is 3.83. The molecule has 0 atom stereocenters. The van der Waals surface area contributed by atoms with Gasteiger partial charge >= 0.3 is 5.63 Å². The van der Waals surface area contributed by atoms with E-state index in [1.54, 1.807) is 6.07 Å². The molecule has 2 aromatic rings. The van der Waals surface area contributed by atoms with E-state index in [1.165, 1.54) is 19.2 Å². The Kier molecular flexibility index (Phi) is 3.04. The van der Waals surface area contributed by atoms with E-state index in [9.17, 15) is 9.90 Å². The molecular formula is C13H14O4. The average molecular weight is 234 g/mol. The summed E-state index contributed by atoms with van der Waals surface area (Å²) in [5.41, 5.74) is -0.399. The Hall–Kier alpha value is -1.97. The summed E-state index contributed by atoms with van der Waals surface area (Å²) in [6.45, 7) is 2.00. The third-order valence-corrected chi connectivity index (χ3v) is 2.62. The lowest BCUT2D eigenvalue weighted by Gasteiger charge is -2.07. The lowest BCUT2D eigenvalue weighted by Crippen LogP contribution is -2.03. The molecule has 0 radical (unpaired) electrons. The lowest BCUT2D eigenvalue weighted by molar-refractivity contribution is 0.377. The molecule has 4 heteroatoms. The first-order valence-electron chi connectivity index (χ1n) is 5.50. The third kappa shape index (κ3) is 1.98. The van der Waals surface area contributed by atoms with Crippen molar-refractivity contribution in [2.24, 2.45) is 0 Å². The molecular weight excluding hydrogens is 220 g/mol. The lowest BCUT2D eigenvalue weighted by atomic mass is 10.1. The number of aryl methyl sites for hydroxylation is 1. The molecule has 0 amide bonds. The molecule has 1 N–H and O–H groups in total. The van der Waals surface area contributed by atoms with Crippen LogP contribution in [0.3, 0.4) is 0 Å². The first-order valence-corrected chi connectivity index (χ1v) is 5.50. The predicted molar refractivity (Wildman–Crippen MR) is 64.7 cm³/mol. The molecule has 0 saturated heterocycles. The van der Waals surface area contributed by atoms with Crippen LogP contribution in [-0.2, 0) is 6.42 Å². The van der Waals surface area contributed by atoms with Crippen LogP contribution in [0.2, 0.25) is 0 Å². The van der Waals surface area contributed by atoms with E-state index in [-0.39, 0.29) is 5.75 Å². The number of rotatable bonds is 3. The Balaban J connectivity index is 2.78. The minimum Gasteiger partial charge on any atom is -0.504 e. The van der Waals surface area contributed by atoms with Gasteiger partial charge in [-0.3, -0.25) is 0 Å². The largest absolute Gasteiger partial charge is 0.504 e. The van der Waals surface area contributed by atoms with Gasteiger partial charge in [0.2, 0.25) is 0 Å². The topological polar surface area (TPSA) is 59.7 Å². The Labute approximate surface area is 98.4 Å². The van der Waals surface area contributed by atoms with Gasteiger partial charge in [0, 0.05) is 11.8 Å². The van der Waals surface area contributed by atoms with Crippen molar-refractivity contribution in [1.29, 1.82) is 0 Å². The molecule has 90 valence electrons. The van der Waals surface area contributed by atoms with Crippen LogP contribution in [0, 0.1) is 0 Å². The fraction of sp³-hybridized carbons (Fsp3) is 0.308. The van der Waals surface area contributed by atoms with Crippen LogP contribution in [-0.4, -0.2) is 12.2 Å². The summed E-state index contributed by atoms with van der Waals surface area (Å²) in [5.74, 6) is 0.940. The second kappa shape index (κ2) is 4.49. The molecule has 0 fully saturated rings. The molecule has 1 aromatic carbocycles. The van der Waals surface area contributed by atoms with Gasteiger partial charge in [0.1, 0.15) is 5.76 Å². The number of benzene rings is 1. The van der Waals surface area contributed by atoms with Gasteiger partial charge < -0.3 is 14.3 Å². The Bertz CT molecular complexity index is 598. The highest BCUT2D eigenvalue weighted by atomic mass is 16.5. The van der Waals surface area contributed by atoms with Gasteiger partial charge in [-0.25, -0.2) is 4.79 Å². The minimum absolute atomic E-state index is 0.0213. The predicted octanol–water partition coefficient (Wildman–Crippen LogP) is 2.46. The number of fused-ring (bicyclic) bond motifs is 1. The van der Waals surface area contributed by atoms with Crippen LogP contribution in [0.4, 0.5) is 0 Å². The van der Waals surface area contributed by atoms with Gasteiger partial charge in [0.05, 0.1) is 12.5 Å². The number of aromatic hydroxyl groups is 1. The average Bonchev–Trinajstić information content (AvgIpc) is 2.29. The standard InChI is InChI=1S/C13H14O4/c1-3-4-8-7-10-9(13(15)17-8)5-6-11(14)12(10)16-2/h5-7,14H,3-4H2,1-2H3. The Morgan fingerprint density at radius 1 is 1.35 bits per heavy atom. The summed E-state index contributed by atoms with van der Waals surface area (Å²) >= 11 is 0. The molecule has 1 heterocycles. The molecule has 0 aliphatic carbocycles. The van der Waals surface area contributed by atoms with Gasteiger partial charge in [-0.15, -0.1) is 0 Å². The molecule has 0 aliphatic heterocycles. The van der Waals surface area contributed by atoms with E-state index >= 15 is 0 Å². The summed E-state index contributed by atoms with van der Waals surface area (Å²) in [4.78, 5) is 11.7. The van der Waals surface area contributed by atoms with Crippen molar-refractivity contribution in [1.82, 2.24) is 0 Å². The Morgan fingerprint density at radius 3 is 2.76 bits per heavy atom. The van der Waals surface area contributed by atoms with Crippen molar-refractivity contribution in [3.8, 4) is 11.5 Å². The van der Waals surface area contributed by atoms with E-state index in [0.29, 0.717) is 28.7 Å². The number of methoxy groups -OCH3 is 1. The molecule has 17 heavy (non-hydrogen) atoms. The highest BCUT2D eigenvalue weighted by Crippen LogP contribution is 2.33. The van der Waals surface area contributed by atoms with Gasteiger partial charge in [0.25, 0.3) is 0 Å². The van der Waals surface area contributed by atoms with Gasteiger partial charge in [-0.2, -0.15) is 0 Å². The summed E-state index contributed by atoms with van der Waals surface area (Å²) in [6, 6.07) is 4.71. The number of hydrogen-bond donors (Lipinski definition) is 1. The SMILES string of the molecule is CCCc1cc2c(OC)c(O)ccc2c(=O)o1. The first-order chi connectivity index (χ1) is 8.17. The quantitative estimate of drug-likeness (QED) is 0.886. The molecule has 0 saturated carbocycles. The van der Waals surface area contributed by atoms with E-state index in [0.717, 1.165) is 6.42 Å². The molecule has 0 aliphatic rings. The summed E-state index contributed by atoms with van der Waals surface area (Å²) in [6.07, 6.45) is 1.57. The highest BCUT2D eigenvalue weighted by Gasteiger charge is 2.12. The van der Waals surface area contributed by atoms with Gasteiger partial charge in [-0.1, -0.05) is 6.92 Å². The fourth-order valence-electron chi connectivity index (χ4n) is 1.86. The van der Waals surface area contributed by atoms with E-state index in [1.807, 2.05) is 6.92 Å². The zero-order valence-electron chi connectivity index (χ0n) is 9.82. The third-order valence-electron chi connectivity index (χ3n) is 2.62. The molecule has 1 aromatic heterocycles. The van der Waals surface area contributed by atoms with Crippen molar-refractivity contribution in [3.05, 3.63) is 34.4 Å². The summed E-state index contributed by atoms with van der Waals surface area (Å²) in [7, 11) is 1.46. The van der Waals surface area contributed by atoms with Crippen LogP contribution >= 0.6 is 0 Å². The summed E-state index contributed by atoms with van der Waals surface area (Å²) in [5, 5.41) is 10.7. The zero-order chi connectivity index (χ0) is 12.4.